The van der Waals surface area contributed by atoms with Crippen LogP contribution in [0, 0.1) is 0 Å². The molecule has 2 rings (SSSR count). The number of hydrogen-bond donors (Lipinski definition) is 0. The summed E-state index contributed by atoms with van der Waals surface area (Å²) in [6.07, 6.45) is 0. The summed E-state index contributed by atoms with van der Waals surface area (Å²) in [6, 6.07) is 4.70. The van der Waals surface area contributed by atoms with Gasteiger partial charge in [-0.2, -0.15) is 0 Å². The van der Waals surface area contributed by atoms with Gasteiger partial charge in [0.1, 0.15) is 10.9 Å². The summed E-state index contributed by atoms with van der Waals surface area (Å²) >= 11 is 0. The summed E-state index contributed by atoms with van der Waals surface area (Å²) in [5.41, 5.74) is 0.0821. The number of sulfonamides is 1. The summed E-state index contributed by atoms with van der Waals surface area (Å²) in [7, 11) is -3.98. The molecule has 0 spiro atoms. The van der Waals surface area contributed by atoms with Crippen molar-refractivity contribution in [1.82, 2.24) is 4.31 Å². The molecule has 6 nitrogen and oxygen atoms in total. The quantitative estimate of drug-likeness (QED) is 0.766. The molecule has 19 heavy (non-hydrogen) atoms. The van der Waals surface area contributed by atoms with Crippen molar-refractivity contribution in [3.8, 4) is 0 Å². The van der Waals surface area contributed by atoms with E-state index >= 15 is 0 Å². The molecule has 1 aliphatic rings. The molecule has 1 heterocycles. The van der Waals surface area contributed by atoms with Gasteiger partial charge >= 0.3 is 5.97 Å². The van der Waals surface area contributed by atoms with Crippen molar-refractivity contribution in [2.45, 2.75) is 24.8 Å². The fraction of sp³-hybridized carbons (Fsp3) is 0.333. The lowest BCUT2D eigenvalue weighted by Gasteiger charge is -2.21. The molecule has 7 heteroatoms. The average Bonchev–Trinajstić information content (AvgIpc) is 2.57. The molecule has 0 unspecified atom stereocenters. The first kappa shape index (κ1) is 13.5. The normalized spacial score (nSPS) is 18.0. The minimum absolute atomic E-state index is 0.0730. The van der Waals surface area contributed by atoms with E-state index in [0.717, 1.165) is 0 Å². The molecule has 0 saturated carbocycles. The summed E-state index contributed by atoms with van der Waals surface area (Å²) < 4.78 is 29.8. The minimum Gasteiger partial charge on any atom is -0.464 e. The second-order valence-electron chi connectivity index (χ2n) is 4.03. The van der Waals surface area contributed by atoms with Gasteiger partial charge in [-0.3, -0.25) is 4.79 Å². The molecule has 1 aromatic carbocycles. The number of fused-ring (bicyclic) bond motifs is 1. The standard InChI is InChI=1S/C12H13NO5S/c1-3-18-12(15)8(2)13-11(14)9-6-4-5-7-10(9)19(13,16)17/h4-8H,3H2,1-2H3/t8-/m0/s1. The van der Waals surface area contributed by atoms with E-state index in [-0.39, 0.29) is 17.1 Å². The minimum atomic E-state index is -3.98. The Hall–Kier alpha value is -1.89. The molecular weight excluding hydrogens is 270 g/mol. The number of ether oxygens (including phenoxy) is 1. The van der Waals surface area contributed by atoms with Gasteiger partial charge in [0.25, 0.3) is 15.9 Å². The van der Waals surface area contributed by atoms with Crippen molar-refractivity contribution < 1.29 is 22.7 Å². The van der Waals surface area contributed by atoms with Crippen molar-refractivity contribution in [3.05, 3.63) is 29.8 Å². The fourth-order valence-corrected chi connectivity index (χ4v) is 3.66. The van der Waals surface area contributed by atoms with Crippen LogP contribution in [-0.4, -0.2) is 37.2 Å². The van der Waals surface area contributed by atoms with E-state index in [9.17, 15) is 18.0 Å². The van der Waals surface area contributed by atoms with Crippen LogP contribution in [0.4, 0.5) is 0 Å². The highest BCUT2D eigenvalue weighted by Gasteiger charge is 2.46. The number of amides is 1. The van der Waals surface area contributed by atoms with E-state index in [1.54, 1.807) is 13.0 Å². The monoisotopic (exact) mass is 283 g/mol. The number of rotatable bonds is 3. The maximum absolute atomic E-state index is 12.2. The molecule has 0 bridgehead atoms. The van der Waals surface area contributed by atoms with Crippen LogP contribution in [0.5, 0.6) is 0 Å². The highest BCUT2D eigenvalue weighted by Crippen LogP contribution is 2.31. The van der Waals surface area contributed by atoms with Gasteiger partial charge in [-0.15, -0.1) is 0 Å². The van der Waals surface area contributed by atoms with Crippen LogP contribution < -0.4 is 0 Å². The van der Waals surface area contributed by atoms with Gasteiger partial charge < -0.3 is 4.74 Å². The van der Waals surface area contributed by atoms with Crippen molar-refractivity contribution in [1.29, 1.82) is 0 Å². The summed E-state index contributed by atoms with van der Waals surface area (Å²) in [5.74, 6) is -1.44. The van der Waals surface area contributed by atoms with Crippen LogP contribution in [-0.2, 0) is 19.6 Å². The highest BCUT2D eigenvalue weighted by atomic mass is 32.2. The Morgan fingerprint density at radius 3 is 2.58 bits per heavy atom. The largest absolute Gasteiger partial charge is 0.464 e. The first-order chi connectivity index (χ1) is 8.91. The molecule has 0 N–H and O–H groups in total. The number of hydrogen-bond acceptors (Lipinski definition) is 5. The molecule has 0 aliphatic carbocycles. The predicted molar refractivity (Wildman–Crippen MR) is 65.9 cm³/mol. The Balaban J connectivity index is 2.46. The Kier molecular flexibility index (Phi) is 3.32. The van der Waals surface area contributed by atoms with Crippen LogP contribution in [0.25, 0.3) is 0 Å². The lowest BCUT2D eigenvalue weighted by atomic mass is 10.2. The number of esters is 1. The molecule has 0 radical (unpaired) electrons. The van der Waals surface area contributed by atoms with Crippen LogP contribution in [0.15, 0.2) is 29.2 Å². The van der Waals surface area contributed by atoms with Gasteiger partial charge in [0.05, 0.1) is 12.2 Å². The zero-order valence-electron chi connectivity index (χ0n) is 10.5. The van der Waals surface area contributed by atoms with Crippen molar-refractivity contribution in [2.75, 3.05) is 6.61 Å². The van der Waals surface area contributed by atoms with E-state index in [2.05, 4.69) is 0 Å². The third kappa shape index (κ3) is 1.99. The Morgan fingerprint density at radius 1 is 1.37 bits per heavy atom. The van der Waals surface area contributed by atoms with E-state index in [1.807, 2.05) is 0 Å². The fourth-order valence-electron chi connectivity index (χ4n) is 1.94. The second-order valence-corrected chi connectivity index (χ2v) is 5.81. The third-order valence-electron chi connectivity index (χ3n) is 2.83. The SMILES string of the molecule is CCOC(=O)[C@H](C)N1C(=O)c2ccccc2S1(=O)=O. The highest BCUT2D eigenvalue weighted by molar-refractivity contribution is 7.90. The molecule has 102 valence electrons. The molecule has 1 atom stereocenters. The van der Waals surface area contributed by atoms with E-state index in [0.29, 0.717) is 4.31 Å². The van der Waals surface area contributed by atoms with Crippen LogP contribution >= 0.6 is 0 Å². The summed E-state index contributed by atoms with van der Waals surface area (Å²) in [5, 5.41) is 0. The molecular formula is C12H13NO5S. The number of benzene rings is 1. The molecule has 1 aliphatic heterocycles. The molecule has 0 fully saturated rings. The Bertz CT molecular complexity index is 637. The van der Waals surface area contributed by atoms with E-state index in [1.165, 1.54) is 25.1 Å². The van der Waals surface area contributed by atoms with E-state index < -0.39 is 27.9 Å². The predicted octanol–water partition coefficient (Wildman–Crippen LogP) is 0.783. The van der Waals surface area contributed by atoms with Crippen molar-refractivity contribution >= 4 is 21.9 Å². The molecule has 0 aromatic heterocycles. The topological polar surface area (TPSA) is 80.8 Å². The van der Waals surface area contributed by atoms with Gasteiger partial charge in [0.15, 0.2) is 0 Å². The van der Waals surface area contributed by atoms with Gasteiger partial charge in [0.2, 0.25) is 0 Å². The number of nitrogens with zero attached hydrogens (tertiary/aromatic N) is 1. The van der Waals surface area contributed by atoms with Crippen LogP contribution in [0.3, 0.4) is 0 Å². The zero-order valence-corrected chi connectivity index (χ0v) is 11.3. The van der Waals surface area contributed by atoms with Crippen LogP contribution in [0.2, 0.25) is 0 Å². The maximum Gasteiger partial charge on any atom is 0.329 e. The van der Waals surface area contributed by atoms with Gasteiger partial charge in [-0.1, -0.05) is 12.1 Å². The summed E-state index contributed by atoms with van der Waals surface area (Å²) in [6.45, 7) is 3.07. The molecule has 1 aromatic rings. The zero-order chi connectivity index (χ0) is 14.2. The Labute approximate surface area is 111 Å². The first-order valence-corrected chi connectivity index (χ1v) is 7.19. The third-order valence-corrected chi connectivity index (χ3v) is 4.75. The summed E-state index contributed by atoms with van der Waals surface area (Å²) in [4.78, 5) is 23.7. The maximum atomic E-state index is 12.2. The van der Waals surface area contributed by atoms with E-state index in [4.69, 9.17) is 4.74 Å². The second kappa shape index (κ2) is 4.65. The molecule has 1 amide bonds. The number of carbonyl (C=O) groups is 2. The Morgan fingerprint density at radius 2 is 2.00 bits per heavy atom. The lowest BCUT2D eigenvalue weighted by molar-refractivity contribution is -0.146. The average molecular weight is 283 g/mol. The molecule has 0 saturated heterocycles. The first-order valence-electron chi connectivity index (χ1n) is 5.75. The lowest BCUT2D eigenvalue weighted by Crippen LogP contribution is -2.43. The van der Waals surface area contributed by atoms with Crippen molar-refractivity contribution in [2.24, 2.45) is 0 Å². The van der Waals surface area contributed by atoms with Crippen molar-refractivity contribution in [3.63, 3.8) is 0 Å². The van der Waals surface area contributed by atoms with Gasteiger partial charge in [0, 0.05) is 0 Å². The van der Waals surface area contributed by atoms with Gasteiger partial charge in [-0.25, -0.2) is 17.5 Å². The smallest absolute Gasteiger partial charge is 0.329 e. The van der Waals surface area contributed by atoms with Crippen LogP contribution in [0.1, 0.15) is 24.2 Å². The number of carbonyl (C=O) groups excluding carboxylic acids is 2. The van der Waals surface area contributed by atoms with Gasteiger partial charge in [-0.05, 0) is 26.0 Å².